The summed E-state index contributed by atoms with van der Waals surface area (Å²) >= 11 is 1.65. The molecule has 2 heterocycles. The molecule has 4 rings (SSSR count). The minimum atomic E-state index is 0.00764. The van der Waals surface area contributed by atoms with Crippen molar-refractivity contribution in [2.45, 2.75) is 26.7 Å². The summed E-state index contributed by atoms with van der Waals surface area (Å²) in [6, 6.07) is 14.3. The van der Waals surface area contributed by atoms with Gasteiger partial charge >= 0.3 is 0 Å². The summed E-state index contributed by atoms with van der Waals surface area (Å²) < 4.78 is 0. The summed E-state index contributed by atoms with van der Waals surface area (Å²) in [5.41, 5.74) is 6.56. The number of rotatable bonds is 5. The van der Waals surface area contributed by atoms with Crippen LogP contribution in [0.1, 0.15) is 23.1 Å². The average molecular weight is 378 g/mol. The number of amides is 1. The third-order valence-electron chi connectivity index (χ3n) is 4.98. The molecule has 1 aromatic heterocycles. The Balaban J connectivity index is 1.41. The highest BCUT2D eigenvalue weighted by atomic mass is 32.1. The Hall–Kier alpha value is -2.66. The zero-order valence-electron chi connectivity index (χ0n) is 15.7. The second-order valence-electron chi connectivity index (χ2n) is 6.85. The lowest BCUT2D eigenvalue weighted by Crippen LogP contribution is -2.19. The van der Waals surface area contributed by atoms with Crippen molar-refractivity contribution < 1.29 is 4.79 Å². The molecule has 138 valence electrons. The normalized spacial score (nSPS) is 12.9. The predicted molar refractivity (Wildman–Crippen MR) is 113 cm³/mol. The molecule has 4 nitrogen and oxygen atoms in total. The highest BCUT2D eigenvalue weighted by molar-refractivity contribution is 7.09. The number of aryl methyl sites for hydroxylation is 1. The lowest BCUT2D eigenvalue weighted by Gasteiger charge is -2.17. The number of aromatic nitrogens is 1. The molecule has 1 amide bonds. The SMILES string of the molecule is CCN1CCc2ccc(NC(=O)Cc3ccc(-c4csc(C)n4)cc3)cc21. The largest absolute Gasteiger partial charge is 0.371 e. The van der Waals surface area contributed by atoms with Gasteiger partial charge in [0.05, 0.1) is 17.1 Å². The van der Waals surface area contributed by atoms with Gasteiger partial charge in [-0.3, -0.25) is 4.79 Å². The van der Waals surface area contributed by atoms with Crippen LogP contribution in [0.15, 0.2) is 47.8 Å². The van der Waals surface area contributed by atoms with Gasteiger partial charge in [-0.2, -0.15) is 0 Å². The molecule has 0 aliphatic carbocycles. The minimum Gasteiger partial charge on any atom is -0.371 e. The summed E-state index contributed by atoms with van der Waals surface area (Å²) in [5.74, 6) is 0.00764. The van der Waals surface area contributed by atoms with Crippen LogP contribution in [-0.2, 0) is 17.6 Å². The third-order valence-corrected chi connectivity index (χ3v) is 5.75. The molecule has 0 atom stereocenters. The maximum Gasteiger partial charge on any atom is 0.228 e. The molecule has 0 bridgehead atoms. The molecule has 0 unspecified atom stereocenters. The number of carbonyl (C=O) groups excluding carboxylic acids is 1. The predicted octanol–water partition coefficient (Wildman–Crippen LogP) is 4.68. The van der Waals surface area contributed by atoms with E-state index in [-0.39, 0.29) is 5.91 Å². The molecule has 1 N–H and O–H groups in total. The first-order chi connectivity index (χ1) is 13.1. The Labute approximate surface area is 163 Å². The first kappa shape index (κ1) is 17.7. The van der Waals surface area contributed by atoms with Gasteiger partial charge in [-0.15, -0.1) is 11.3 Å². The van der Waals surface area contributed by atoms with Crippen LogP contribution in [0, 0.1) is 6.92 Å². The van der Waals surface area contributed by atoms with Crippen molar-refractivity contribution in [1.82, 2.24) is 4.98 Å². The number of thiazole rings is 1. The van der Waals surface area contributed by atoms with E-state index in [0.29, 0.717) is 6.42 Å². The van der Waals surface area contributed by atoms with E-state index in [1.165, 1.54) is 11.3 Å². The van der Waals surface area contributed by atoms with E-state index < -0.39 is 0 Å². The van der Waals surface area contributed by atoms with Crippen molar-refractivity contribution in [3.63, 3.8) is 0 Å². The van der Waals surface area contributed by atoms with Crippen LogP contribution >= 0.6 is 11.3 Å². The number of hydrogen-bond donors (Lipinski definition) is 1. The number of anilines is 2. The topological polar surface area (TPSA) is 45.2 Å². The Morgan fingerprint density at radius 2 is 2.04 bits per heavy atom. The monoisotopic (exact) mass is 377 g/mol. The second kappa shape index (κ2) is 7.53. The smallest absolute Gasteiger partial charge is 0.228 e. The van der Waals surface area contributed by atoms with E-state index in [1.807, 2.05) is 37.3 Å². The number of nitrogens with one attached hydrogen (secondary N) is 1. The van der Waals surface area contributed by atoms with Crippen molar-refractivity contribution in [2.75, 3.05) is 23.3 Å². The maximum atomic E-state index is 12.5. The van der Waals surface area contributed by atoms with Gasteiger partial charge in [0.2, 0.25) is 5.91 Å². The van der Waals surface area contributed by atoms with E-state index in [2.05, 4.69) is 39.6 Å². The van der Waals surface area contributed by atoms with Crippen LogP contribution in [0.5, 0.6) is 0 Å². The van der Waals surface area contributed by atoms with E-state index >= 15 is 0 Å². The van der Waals surface area contributed by atoms with Crippen molar-refractivity contribution in [2.24, 2.45) is 0 Å². The first-order valence-electron chi connectivity index (χ1n) is 9.31. The molecule has 1 aliphatic heterocycles. The quantitative estimate of drug-likeness (QED) is 0.702. The maximum absolute atomic E-state index is 12.5. The Morgan fingerprint density at radius 3 is 2.74 bits per heavy atom. The van der Waals surface area contributed by atoms with Crippen LogP contribution < -0.4 is 10.2 Å². The number of likely N-dealkylation sites (N-methyl/N-ethyl adjacent to an activating group) is 1. The molecule has 2 aromatic carbocycles. The number of carbonyl (C=O) groups is 1. The molecule has 1 aliphatic rings. The standard InChI is InChI=1S/C22H23N3OS/c1-3-25-11-10-18-8-9-19(13-21(18)25)24-22(26)12-16-4-6-17(7-5-16)20-14-27-15(2)23-20/h4-9,13-14H,3,10-12H2,1-2H3,(H,24,26). The van der Waals surface area contributed by atoms with Crippen LogP contribution in [0.4, 0.5) is 11.4 Å². The van der Waals surface area contributed by atoms with Crippen molar-refractivity contribution >= 4 is 28.6 Å². The number of hydrogen-bond acceptors (Lipinski definition) is 4. The van der Waals surface area contributed by atoms with Gasteiger partial charge in [0.25, 0.3) is 0 Å². The summed E-state index contributed by atoms with van der Waals surface area (Å²) in [5, 5.41) is 6.16. The Morgan fingerprint density at radius 1 is 1.22 bits per heavy atom. The molecule has 5 heteroatoms. The molecule has 0 spiro atoms. The van der Waals surface area contributed by atoms with Crippen molar-refractivity contribution in [3.05, 3.63) is 64.0 Å². The fraction of sp³-hybridized carbons (Fsp3) is 0.273. The zero-order valence-corrected chi connectivity index (χ0v) is 16.5. The highest BCUT2D eigenvalue weighted by Gasteiger charge is 2.18. The van der Waals surface area contributed by atoms with Gasteiger partial charge < -0.3 is 10.2 Å². The summed E-state index contributed by atoms with van der Waals surface area (Å²) in [4.78, 5) is 19.3. The fourth-order valence-electron chi connectivity index (χ4n) is 3.53. The first-order valence-corrected chi connectivity index (χ1v) is 10.2. The molecule has 0 saturated heterocycles. The molecular formula is C22H23N3OS. The molecular weight excluding hydrogens is 354 g/mol. The van der Waals surface area contributed by atoms with Gasteiger partial charge in [0.1, 0.15) is 0 Å². The van der Waals surface area contributed by atoms with Crippen LogP contribution in [0.3, 0.4) is 0 Å². The molecule has 0 radical (unpaired) electrons. The van der Waals surface area contributed by atoms with E-state index in [9.17, 15) is 4.79 Å². The zero-order chi connectivity index (χ0) is 18.8. The fourth-order valence-corrected chi connectivity index (χ4v) is 4.15. The summed E-state index contributed by atoms with van der Waals surface area (Å²) in [6.45, 7) is 6.23. The minimum absolute atomic E-state index is 0.00764. The van der Waals surface area contributed by atoms with E-state index in [4.69, 9.17) is 0 Å². The van der Waals surface area contributed by atoms with Crippen molar-refractivity contribution in [3.8, 4) is 11.3 Å². The van der Waals surface area contributed by atoms with Gasteiger partial charge in [0.15, 0.2) is 0 Å². The average Bonchev–Trinajstić information content (AvgIpc) is 3.28. The van der Waals surface area contributed by atoms with Crippen molar-refractivity contribution in [1.29, 1.82) is 0 Å². The highest BCUT2D eigenvalue weighted by Crippen LogP contribution is 2.30. The molecule has 27 heavy (non-hydrogen) atoms. The summed E-state index contributed by atoms with van der Waals surface area (Å²) in [7, 11) is 0. The number of benzene rings is 2. The number of fused-ring (bicyclic) bond motifs is 1. The number of nitrogens with zero attached hydrogens (tertiary/aromatic N) is 2. The molecule has 0 saturated carbocycles. The lowest BCUT2D eigenvalue weighted by atomic mass is 10.1. The Kier molecular flexibility index (Phi) is 4.94. The summed E-state index contributed by atoms with van der Waals surface area (Å²) in [6.07, 6.45) is 1.45. The van der Waals surface area contributed by atoms with Crippen LogP contribution in [-0.4, -0.2) is 24.0 Å². The van der Waals surface area contributed by atoms with Crippen LogP contribution in [0.25, 0.3) is 11.3 Å². The molecule has 0 fully saturated rings. The van der Waals surface area contributed by atoms with E-state index in [0.717, 1.165) is 47.0 Å². The Bertz CT molecular complexity index is 962. The third kappa shape index (κ3) is 3.88. The van der Waals surface area contributed by atoms with E-state index in [1.54, 1.807) is 11.3 Å². The van der Waals surface area contributed by atoms with Gasteiger partial charge in [-0.25, -0.2) is 4.98 Å². The second-order valence-corrected chi connectivity index (χ2v) is 7.91. The molecule has 3 aromatic rings. The lowest BCUT2D eigenvalue weighted by molar-refractivity contribution is -0.115. The van der Waals surface area contributed by atoms with Gasteiger partial charge in [-0.05, 0) is 43.5 Å². The van der Waals surface area contributed by atoms with Gasteiger partial charge in [-0.1, -0.05) is 30.3 Å². The van der Waals surface area contributed by atoms with Gasteiger partial charge in [0, 0.05) is 35.4 Å². The van der Waals surface area contributed by atoms with Crippen LogP contribution in [0.2, 0.25) is 0 Å².